The van der Waals surface area contributed by atoms with E-state index in [0.29, 0.717) is 10.6 Å². The molecule has 0 bridgehead atoms. The van der Waals surface area contributed by atoms with Gasteiger partial charge in [0.25, 0.3) is 5.56 Å². The fourth-order valence-electron chi connectivity index (χ4n) is 2.12. The molecule has 0 aliphatic rings. The zero-order valence-corrected chi connectivity index (χ0v) is 11.8. The maximum atomic E-state index is 12.4. The molecular weight excluding hydrogens is 278 g/mol. The number of hydrogen-bond acceptors (Lipinski definition) is 3. The van der Waals surface area contributed by atoms with Gasteiger partial charge in [0.15, 0.2) is 0 Å². The van der Waals surface area contributed by atoms with Gasteiger partial charge in [-0.15, -0.1) is 0 Å². The number of aromatic nitrogens is 2. The molecule has 0 aliphatic carbocycles. The summed E-state index contributed by atoms with van der Waals surface area (Å²) >= 11 is 0. The molecule has 110 valence electrons. The van der Waals surface area contributed by atoms with E-state index in [0.717, 1.165) is 11.4 Å². The molecule has 3 N–H and O–H groups in total. The summed E-state index contributed by atoms with van der Waals surface area (Å²) in [4.78, 5) is 12.4. The van der Waals surface area contributed by atoms with Crippen molar-refractivity contribution in [2.24, 2.45) is 0 Å². The molecule has 0 atom stereocenters. The number of phenols is 1. The lowest BCUT2D eigenvalue weighted by atomic mass is 10.3. The summed E-state index contributed by atoms with van der Waals surface area (Å²) in [5.41, 5.74) is 1.34. The number of rotatable bonds is 3. The molecule has 5 heteroatoms. The second-order valence-corrected chi connectivity index (χ2v) is 4.82. The second-order valence-electron chi connectivity index (χ2n) is 4.82. The molecule has 1 aromatic heterocycles. The summed E-state index contributed by atoms with van der Waals surface area (Å²) in [6.07, 6.45) is 1.60. The Hall–Kier alpha value is -3.21. The first-order valence-corrected chi connectivity index (χ1v) is 6.76. The van der Waals surface area contributed by atoms with Crippen molar-refractivity contribution in [1.29, 1.82) is 0 Å². The Kier molecular flexibility index (Phi) is 3.53. The van der Waals surface area contributed by atoms with Gasteiger partial charge in [0, 0.05) is 11.9 Å². The number of H-pyrrole nitrogens is 1. The van der Waals surface area contributed by atoms with E-state index in [9.17, 15) is 9.90 Å². The van der Waals surface area contributed by atoms with Crippen LogP contribution < -0.4 is 21.4 Å². The number of aromatic amines is 1. The van der Waals surface area contributed by atoms with E-state index in [2.05, 4.69) is 17.0 Å². The first kappa shape index (κ1) is 13.8. The highest BCUT2D eigenvalue weighted by atomic mass is 16.3. The van der Waals surface area contributed by atoms with E-state index < -0.39 is 0 Å². The lowest BCUT2D eigenvalue weighted by molar-refractivity contribution is 0.475. The van der Waals surface area contributed by atoms with Crippen LogP contribution in [0.2, 0.25) is 0 Å². The maximum absolute atomic E-state index is 12.4. The number of aromatic hydroxyl groups is 1. The molecule has 0 aliphatic heterocycles. The summed E-state index contributed by atoms with van der Waals surface area (Å²) < 4.78 is 1.45. The molecule has 0 amide bonds. The van der Waals surface area contributed by atoms with Crippen LogP contribution in [0, 0.1) is 0 Å². The average Bonchev–Trinajstić information content (AvgIpc) is 2.82. The van der Waals surface area contributed by atoms with Gasteiger partial charge in [-0.25, -0.2) is 4.68 Å². The molecule has 1 heterocycles. The van der Waals surface area contributed by atoms with Gasteiger partial charge >= 0.3 is 0 Å². The largest absolute Gasteiger partial charge is 0.508 e. The average molecular weight is 293 g/mol. The van der Waals surface area contributed by atoms with Crippen LogP contribution in [-0.4, -0.2) is 14.9 Å². The Bertz CT molecular complexity index is 938. The fraction of sp³-hybridized carbons (Fsp3) is 0. The van der Waals surface area contributed by atoms with Gasteiger partial charge in [-0.1, -0.05) is 24.8 Å². The Morgan fingerprint density at radius 3 is 2.45 bits per heavy atom. The zero-order valence-electron chi connectivity index (χ0n) is 11.8. The van der Waals surface area contributed by atoms with Crippen molar-refractivity contribution in [2.75, 3.05) is 5.32 Å². The molecule has 22 heavy (non-hydrogen) atoms. The Balaban J connectivity index is 2.00. The third-order valence-corrected chi connectivity index (χ3v) is 3.27. The van der Waals surface area contributed by atoms with Crippen LogP contribution in [0.4, 0.5) is 5.69 Å². The van der Waals surface area contributed by atoms with Crippen molar-refractivity contribution in [2.45, 2.75) is 0 Å². The lowest BCUT2D eigenvalue weighted by Gasteiger charge is -1.99. The fourth-order valence-corrected chi connectivity index (χ4v) is 2.12. The second kappa shape index (κ2) is 5.65. The Morgan fingerprint density at radius 2 is 1.77 bits per heavy atom. The van der Waals surface area contributed by atoms with Crippen molar-refractivity contribution in [3.63, 3.8) is 0 Å². The molecule has 2 aromatic carbocycles. The predicted octanol–water partition coefficient (Wildman–Crippen LogP) is 1.13. The van der Waals surface area contributed by atoms with Gasteiger partial charge in [-0.3, -0.25) is 9.89 Å². The molecule has 3 aromatic rings. The maximum Gasteiger partial charge on any atom is 0.280 e. The highest BCUT2D eigenvalue weighted by Gasteiger charge is 2.03. The highest BCUT2D eigenvalue weighted by molar-refractivity contribution is 5.55. The monoisotopic (exact) mass is 293 g/mol. The normalized spacial score (nSPS) is 11.5. The number of nitrogens with zero attached hydrogens (tertiary/aromatic N) is 1. The van der Waals surface area contributed by atoms with Gasteiger partial charge in [-0.05, 0) is 36.4 Å². The van der Waals surface area contributed by atoms with Crippen molar-refractivity contribution in [3.8, 4) is 11.4 Å². The summed E-state index contributed by atoms with van der Waals surface area (Å²) in [6.45, 7) is 3.87. The van der Waals surface area contributed by atoms with Crippen molar-refractivity contribution >= 4 is 18.5 Å². The summed E-state index contributed by atoms with van der Waals surface area (Å²) in [5.74, 6) is 0.191. The van der Waals surface area contributed by atoms with Gasteiger partial charge < -0.3 is 10.4 Å². The van der Waals surface area contributed by atoms with Crippen LogP contribution in [0.25, 0.3) is 18.5 Å². The number of nitrogens with one attached hydrogen (secondary N) is 2. The summed E-state index contributed by atoms with van der Waals surface area (Å²) in [7, 11) is 0. The van der Waals surface area contributed by atoms with Crippen LogP contribution >= 0.6 is 0 Å². The number of para-hydroxylation sites is 1. The SMILES string of the molecule is C=c1[nH]n(-c2ccccc2)c(=O)/c1=C\Nc1ccc(O)cc1. The van der Waals surface area contributed by atoms with Crippen LogP contribution in [0.5, 0.6) is 5.75 Å². The minimum atomic E-state index is -0.178. The van der Waals surface area contributed by atoms with Crippen molar-refractivity contribution < 1.29 is 5.11 Å². The lowest BCUT2D eigenvalue weighted by Crippen LogP contribution is -2.34. The molecular formula is C17H15N3O2. The van der Waals surface area contributed by atoms with Crippen molar-refractivity contribution in [3.05, 3.63) is 75.5 Å². The Labute approximate surface area is 126 Å². The standard InChI is InChI=1S/C17H15N3O2/c1-12-16(11-18-13-7-9-15(21)10-8-13)17(22)20(19-12)14-5-3-2-4-6-14/h2-11,18-19,21H,1H2/b16-11-. The number of hydrogen-bond donors (Lipinski definition) is 3. The Morgan fingerprint density at radius 1 is 1.09 bits per heavy atom. The smallest absolute Gasteiger partial charge is 0.280 e. The number of anilines is 1. The topological polar surface area (TPSA) is 70.0 Å². The van der Waals surface area contributed by atoms with Gasteiger partial charge in [0.2, 0.25) is 0 Å². The van der Waals surface area contributed by atoms with Crippen LogP contribution in [0.3, 0.4) is 0 Å². The van der Waals surface area contributed by atoms with Crippen molar-refractivity contribution in [1.82, 2.24) is 9.78 Å². The summed E-state index contributed by atoms with van der Waals surface area (Å²) in [6, 6.07) is 15.9. The quantitative estimate of drug-likeness (QED) is 0.634. The van der Waals surface area contributed by atoms with E-state index in [4.69, 9.17) is 0 Å². The van der Waals surface area contributed by atoms with E-state index in [-0.39, 0.29) is 11.3 Å². The van der Waals surface area contributed by atoms with Gasteiger partial charge in [0.05, 0.1) is 16.3 Å². The molecule has 0 fully saturated rings. The minimum absolute atomic E-state index is 0.178. The van der Waals surface area contributed by atoms with E-state index in [1.807, 2.05) is 30.3 Å². The molecule has 0 unspecified atom stereocenters. The zero-order chi connectivity index (χ0) is 15.5. The van der Waals surface area contributed by atoms with E-state index >= 15 is 0 Å². The molecule has 5 nitrogen and oxygen atoms in total. The third-order valence-electron chi connectivity index (χ3n) is 3.27. The van der Waals surface area contributed by atoms with Crippen LogP contribution in [0.15, 0.2) is 59.4 Å². The first-order valence-electron chi connectivity index (χ1n) is 6.76. The van der Waals surface area contributed by atoms with Crippen LogP contribution in [0.1, 0.15) is 0 Å². The minimum Gasteiger partial charge on any atom is -0.508 e. The molecule has 0 saturated heterocycles. The van der Waals surface area contributed by atoms with E-state index in [1.54, 1.807) is 30.5 Å². The molecule has 0 spiro atoms. The molecule has 0 saturated carbocycles. The van der Waals surface area contributed by atoms with Gasteiger partial charge in [0.1, 0.15) is 5.75 Å². The number of benzene rings is 2. The molecule has 0 radical (unpaired) electrons. The van der Waals surface area contributed by atoms with Crippen LogP contribution in [-0.2, 0) is 0 Å². The molecule has 3 rings (SSSR count). The summed E-state index contributed by atoms with van der Waals surface area (Å²) in [5, 5.41) is 16.2. The number of phenolic OH excluding ortho intramolecular Hbond substituents is 1. The van der Waals surface area contributed by atoms with Gasteiger partial charge in [-0.2, -0.15) is 0 Å². The van der Waals surface area contributed by atoms with E-state index in [1.165, 1.54) is 4.68 Å². The predicted molar refractivity (Wildman–Crippen MR) is 87.4 cm³/mol. The highest BCUT2D eigenvalue weighted by Crippen LogP contribution is 2.13. The first-order chi connectivity index (χ1) is 10.6. The third kappa shape index (κ3) is 2.64.